The molecule has 2 heterocycles. The molecule has 0 saturated heterocycles. The minimum Gasteiger partial charge on any atom is -0.270 e. The topological polar surface area (TPSA) is 63.6 Å². The van der Waals surface area contributed by atoms with Crippen LogP contribution in [0.4, 0.5) is 0 Å². The summed E-state index contributed by atoms with van der Waals surface area (Å²) >= 11 is 13.2. The molecule has 0 aromatic carbocycles. The summed E-state index contributed by atoms with van der Waals surface area (Å²) in [5.41, 5.74) is 0.456. The molecule has 0 fully saturated rings. The molecule has 2 aromatic rings. The maximum atomic E-state index is 11.4. The van der Waals surface area contributed by atoms with Gasteiger partial charge in [-0.1, -0.05) is 35.0 Å². The van der Waals surface area contributed by atoms with Crippen molar-refractivity contribution >= 4 is 35.0 Å². The Morgan fingerprint density at radius 3 is 2.94 bits per heavy atom. The molecule has 2 rings (SSSR count). The van der Waals surface area contributed by atoms with Crippen molar-refractivity contribution in [1.29, 1.82) is 0 Å². The Labute approximate surface area is 118 Å². The van der Waals surface area contributed by atoms with E-state index < -0.39 is 0 Å². The van der Waals surface area contributed by atoms with Gasteiger partial charge < -0.3 is 0 Å². The SMILES string of the molecule is CCn1c(SCc2nc(Cl)ccc2Cl)n[nH]c1=O. The first-order valence-electron chi connectivity index (χ1n) is 5.20. The minimum atomic E-state index is -0.217. The van der Waals surface area contributed by atoms with Gasteiger partial charge in [-0.15, -0.1) is 5.10 Å². The van der Waals surface area contributed by atoms with Gasteiger partial charge >= 0.3 is 5.69 Å². The van der Waals surface area contributed by atoms with Crippen molar-refractivity contribution in [2.75, 3.05) is 0 Å². The number of aromatic nitrogens is 4. The van der Waals surface area contributed by atoms with E-state index >= 15 is 0 Å². The van der Waals surface area contributed by atoms with Crippen molar-refractivity contribution in [1.82, 2.24) is 19.7 Å². The molecule has 18 heavy (non-hydrogen) atoms. The second kappa shape index (κ2) is 5.77. The molecule has 2 aromatic heterocycles. The highest BCUT2D eigenvalue weighted by Crippen LogP contribution is 2.24. The Morgan fingerprint density at radius 2 is 2.22 bits per heavy atom. The zero-order valence-electron chi connectivity index (χ0n) is 9.48. The second-order valence-corrected chi connectivity index (χ2v) is 5.14. The second-order valence-electron chi connectivity index (χ2n) is 3.41. The summed E-state index contributed by atoms with van der Waals surface area (Å²) in [6.07, 6.45) is 0. The van der Waals surface area contributed by atoms with Crippen LogP contribution in [0, 0.1) is 0 Å². The lowest BCUT2D eigenvalue weighted by molar-refractivity contribution is 0.660. The third-order valence-electron chi connectivity index (χ3n) is 2.26. The number of aromatic amines is 1. The molecule has 1 N–H and O–H groups in total. The number of thioether (sulfide) groups is 1. The Balaban J connectivity index is 2.16. The first-order valence-corrected chi connectivity index (χ1v) is 6.95. The highest BCUT2D eigenvalue weighted by Gasteiger charge is 2.10. The molecule has 96 valence electrons. The third-order valence-corrected chi connectivity index (χ3v) is 3.80. The Bertz CT molecular complexity index is 610. The molecule has 0 radical (unpaired) electrons. The van der Waals surface area contributed by atoms with Crippen molar-refractivity contribution in [3.8, 4) is 0 Å². The van der Waals surface area contributed by atoms with E-state index in [1.165, 1.54) is 11.8 Å². The van der Waals surface area contributed by atoms with Gasteiger partial charge in [0.05, 0.1) is 10.7 Å². The van der Waals surface area contributed by atoms with Gasteiger partial charge in [0, 0.05) is 12.3 Å². The fourth-order valence-electron chi connectivity index (χ4n) is 1.38. The van der Waals surface area contributed by atoms with Crippen molar-refractivity contribution in [3.05, 3.63) is 38.5 Å². The van der Waals surface area contributed by atoms with Gasteiger partial charge in [0.15, 0.2) is 5.16 Å². The van der Waals surface area contributed by atoms with Crippen molar-refractivity contribution in [2.45, 2.75) is 24.4 Å². The van der Waals surface area contributed by atoms with E-state index in [1.807, 2.05) is 6.92 Å². The van der Waals surface area contributed by atoms with Crippen LogP contribution in [-0.2, 0) is 12.3 Å². The summed E-state index contributed by atoms with van der Waals surface area (Å²) in [4.78, 5) is 15.5. The molecule has 0 unspecified atom stereocenters. The number of hydrogen-bond donors (Lipinski definition) is 1. The number of nitrogens with one attached hydrogen (secondary N) is 1. The van der Waals surface area contributed by atoms with Crippen molar-refractivity contribution < 1.29 is 0 Å². The van der Waals surface area contributed by atoms with E-state index in [9.17, 15) is 4.79 Å². The fraction of sp³-hybridized carbons (Fsp3) is 0.300. The zero-order chi connectivity index (χ0) is 13.1. The first kappa shape index (κ1) is 13.5. The van der Waals surface area contributed by atoms with E-state index in [0.717, 1.165) is 0 Å². The Kier molecular flexibility index (Phi) is 4.31. The molecular weight excluding hydrogens is 295 g/mol. The molecule has 0 atom stereocenters. The lowest BCUT2D eigenvalue weighted by Crippen LogP contribution is -2.16. The van der Waals surface area contributed by atoms with E-state index in [1.54, 1.807) is 16.7 Å². The number of hydrogen-bond acceptors (Lipinski definition) is 4. The predicted molar refractivity (Wildman–Crippen MR) is 72.3 cm³/mol. The van der Waals surface area contributed by atoms with E-state index in [-0.39, 0.29) is 5.69 Å². The first-order chi connectivity index (χ1) is 8.61. The average molecular weight is 305 g/mol. The van der Waals surface area contributed by atoms with E-state index in [0.29, 0.717) is 33.3 Å². The molecule has 0 aliphatic carbocycles. The van der Waals surface area contributed by atoms with Crippen LogP contribution >= 0.6 is 35.0 Å². The lowest BCUT2D eigenvalue weighted by Gasteiger charge is -2.04. The molecule has 0 bridgehead atoms. The molecule has 0 amide bonds. The van der Waals surface area contributed by atoms with Gasteiger partial charge in [-0.2, -0.15) is 0 Å². The van der Waals surface area contributed by atoms with Crippen LogP contribution in [0.15, 0.2) is 22.1 Å². The summed E-state index contributed by atoms with van der Waals surface area (Å²) in [7, 11) is 0. The molecule has 0 spiro atoms. The largest absolute Gasteiger partial charge is 0.343 e. The normalized spacial score (nSPS) is 10.8. The third kappa shape index (κ3) is 2.88. The molecular formula is C10H10Cl2N4OS. The Morgan fingerprint density at radius 1 is 1.44 bits per heavy atom. The van der Waals surface area contributed by atoms with Crippen LogP contribution in [-0.4, -0.2) is 19.7 Å². The van der Waals surface area contributed by atoms with Gasteiger partial charge in [0.25, 0.3) is 0 Å². The number of H-pyrrole nitrogens is 1. The molecule has 5 nitrogen and oxygen atoms in total. The van der Waals surface area contributed by atoms with Crippen LogP contribution in [0.5, 0.6) is 0 Å². The van der Waals surface area contributed by atoms with Crippen LogP contribution in [0.2, 0.25) is 10.2 Å². The fourth-order valence-corrected chi connectivity index (χ4v) is 2.76. The number of halogens is 2. The maximum Gasteiger partial charge on any atom is 0.343 e. The summed E-state index contributed by atoms with van der Waals surface area (Å²) in [6.45, 7) is 2.44. The Hall–Kier alpha value is -0.980. The lowest BCUT2D eigenvalue weighted by atomic mass is 10.4. The zero-order valence-corrected chi connectivity index (χ0v) is 11.8. The molecule has 0 saturated carbocycles. The number of rotatable bonds is 4. The quantitative estimate of drug-likeness (QED) is 0.696. The van der Waals surface area contributed by atoms with Gasteiger partial charge in [0.1, 0.15) is 5.15 Å². The van der Waals surface area contributed by atoms with Crippen LogP contribution < -0.4 is 5.69 Å². The van der Waals surface area contributed by atoms with Gasteiger partial charge in [-0.25, -0.2) is 14.9 Å². The smallest absolute Gasteiger partial charge is 0.270 e. The van der Waals surface area contributed by atoms with E-state index in [4.69, 9.17) is 23.2 Å². The monoisotopic (exact) mass is 304 g/mol. The molecule has 0 aliphatic heterocycles. The average Bonchev–Trinajstić information content (AvgIpc) is 2.71. The van der Waals surface area contributed by atoms with Crippen molar-refractivity contribution in [3.63, 3.8) is 0 Å². The number of pyridine rings is 1. The maximum absolute atomic E-state index is 11.4. The van der Waals surface area contributed by atoms with E-state index in [2.05, 4.69) is 15.2 Å². The number of nitrogens with zero attached hydrogens (tertiary/aromatic N) is 3. The van der Waals surface area contributed by atoms with Crippen LogP contribution in [0.25, 0.3) is 0 Å². The van der Waals surface area contributed by atoms with Gasteiger partial charge in [-0.3, -0.25) is 4.57 Å². The molecule has 0 aliphatic rings. The summed E-state index contributed by atoms with van der Waals surface area (Å²) in [6, 6.07) is 3.33. The summed E-state index contributed by atoms with van der Waals surface area (Å²) in [5.74, 6) is 0.504. The summed E-state index contributed by atoms with van der Waals surface area (Å²) in [5, 5.41) is 7.90. The van der Waals surface area contributed by atoms with Gasteiger partial charge in [0.2, 0.25) is 0 Å². The standard InChI is InChI=1S/C10H10Cl2N4OS/c1-2-16-9(17)14-15-10(16)18-5-7-6(11)3-4-8(12)13-7/h3-4H,2,5H2,1H3,(H,14,17). The van der Waals surface area contributed by atoms with Crippen LogP contribution in [0.3, 0.4) is 0 Å². The predicted octanol–water partition coefficient (Wildman–Crippen LogP) is 2.59. The van der Waals surface area contributed by atoms with Gasteiger partial charge in [-0.05, 0) is 19.1 Å². The molecule has 8 heteroatoms. The highest BCUT2D eigenvalue weighted by atomic mass is 35.5. The minimum absolute atomic E-state index is 0.217. The van der Waals surface area contributed by atoms with Crippen molar-refractivity contribution in [2.24, 2.45) is 0 Å². The van der Waals surface area contributed by atoms with Crippen LogP contribution in [0.1, 0.15) is 12.6 Å². The highest BCUT2D eigenvalue weighted by molar-refractivity contribution is 7.98. The summed E-state index contributed by atoms with van der Waals surface area (Å²) < 4.78 is 1.54.